The van der Waals surface area contributed by atoms with E-state index in [0.717, 1.165) is 0 Å². The zero-order valence-corrected chi connectivity index (χ0v) is 16.8. The number of aryl methyl sites for hydroxylation is 1. The molecule has 0 saturated heterocycles. The third kappa shape index (κ3) is 5.38. The van der Waals surface area contributed by atoms with Crippen molar-refractivity contribution in [3.63, 3.8) is 0 Å². The van der Waals surface area contributed by atoms with Crippen molar-refractivity contribution < 1.29 is 19.2 Å². The first-order valence-corrected chi connectivity index (χ1v) is 9.22. The van der Waals surface area contributed by atoms with Crippen LogP contribution in [0.1, 0.15) is 27.3 Å². The van der Waals surface area contributed by atoms with Crippen LogP contribution in [0, 0.1) is 24.0 Å². The van der Waals surface area contributed by atoms with E-state index < -0.39 is 16.8 Å². The third-order valence-corrected chi connectivity index (χ3v) is 4.32. The molecule has 0 spiro atoms. The van der Waals surface area contributed by atoms with Gasteiger partial charge in [0.2, 0.25) is 0 Å². The second-order valence-electron chi connectivity index (χ2n) is 6.55. The summed E-state index contributed by atoms with van der Waals surface area (Å²) < 4.78 is 6.55. The number of amides is 1. The monoisotopic (exact) mass is 421 g/mol. The quantitative estimate of drug-likeness (QED) is 0.205. The zero-order valence-electron chi connectivity index (χ0n) is 16.8. The van der Waals surface area contributed by atoms with Gasteiger partial charge in [-0.3, -0.25) is 19.6 Å². The van der Waals surface area contributed by atoms with Gasteiger partial charge in [-0.15, -0.1) is 0 Å². The first-order chi connectivity index (χ1) is 14.8. The molecule has 31 heavy (non-hydrogen) atoms. The number of hydrogen-bond acceptors (Lipinski definition) is 7. The predicted octanol–water partition coefficient (Wildman–Crippen LogP) is 2.78. The number of nitrogens with zero attached hydrogens (tertiary/aromatic N) is 4. The van der Waals surface area contributed by atoms with Crippen LogP contribution in [0.5, 0.6) is 5.75 Å². The number of benzene rings is 2. The van der Waals surface area contributed by atoms with E-state index in [2.05, 4.69) is 15.6 Å². The topological polar surface area (TPSA) is 129 Å². The van der Waals surface area contributed by atoms with Crippen molar-refractivity contribution >= 4 is 23.8 Å². The Balaban J connectivity index is 1.54. The number of hydrogen-bond donors (Lipinski definition) is 1. The van der Waals surface area contributed by atoms with Crippen molar-refractivity contribution in [3.8, 4) is 5.75 Å². The van der Waals surface area contributed by atoms with Crippen LogP contribution in [-0.2, 0) is 11.3 Å². The van der Waals surface area contributed by atoms with E-state index in [0.29, 0.717) is 22.6 Å². The molecule has 0 aliphatic carbocycles. The van der Waals surface area contributed by atoms with Crippen LogP contribution in [0.15, 0.2) is 59.7 Å². The summed E-state index contributed by atoms with van der Waals surface area (Å²) in [6.45, 7) is 2.84. The number of nitrogens with one attached hydrogen (secondary N) is 1. The minimum atomic E-state index is -0.523. The SMILES string of the molecule is Cc1nn(CC(=O)NN=Cc2ccc(OC(=O)c3ccccc3)cc2)c(C)c1[N+](=O)[O-]. The lowest BCUT2D eigenvalue weighted by Crippen LogP contribution is -2.24. The Bertz CT molecular complexity index is 1140. The first kappa shape index (κ1) is 21.4. The van der Waals surface area contributed by atoms with Crippen molar-refractivity contribution in [2.75, 3.05) is 0 Å². The average molecular weight is 421 g/mol. The molecule has 158 valence electrons. The average Bonchev–Trinajstić information content (AvgIpc) is 3.02. The van der Waals surface area contributed by atoms with E-state index in [1.807, 2.05) is 6.07 Å². The van der Waals surface area contributed by atoms with Gasteiger partial charge in [-0.25, -0.2) is 10.2 Å². The molecular formula is C21H19N5O5. The van der Waals surface area contributed by atoms with Crippen LogP contribution in [0.2, 0.25) is 0 Å². The van der Waals surface area contributed by atoms with Crippen LogP contribution < -0.4 is 10.2 Å². The molecule has 1 aromatic heterocycles. The summed E-state index contributed by atoms with van der Waals surface area (Å²) >= 11 is 0. The minimum Gasteiger partial charge on any atom is -0.423 e. The Kier molecular flexibility index (Phi) is 6.51. The molecule has 10 heteroatoms. The number of nitro groups is 1. The van der Waals surface area contributed by atoms with Crippen molar-refractivity contribution in [1.82, 2.24) is 15.2 Å². The molecule has 1 amide bonds. The molecule has 0 unspecified atom stereocenters. The van der Waals surface area contributed by atoms with E-state index in [4.69, 9.17) is 4.74 Å². The van der Waals surface area contributed by atoms with Gasteiger partial charge in [0, 0.05) is 0 Å². The minimum absolute atomic E-state index is 0.107. The predicted molar refractivity (Wildman–Crippen MR) is 112 cm³/mol. The van der Waals surface area contributed by atoms with Crippen molar-refractivity contribution in [2.45, 2.75) is 20.4 Å². The number of esters is 1. The number of aromatic nitrogens is 2. The summed E-state index contributed by atoms with van der Waals surface area (Å²) in [5.74, 6) is -0.565. The largest absolute Gasteiger partial charge is 0.423 e. The molecule has 2 aromatic carbocycles. The van der Waals surface area contributed by atoms with Crippen LogP contribution in [-0.4, -0.2) is 32.8 Å². The molecule has 0 saturated carbocycles. The van der Waals surface area contributed by atoms with E-state index in [-0.39, 0.29) is 17.9 Å². The Morgan fingerprint density at radius 1 is 1.16 bits per heavy atom. The van der Waals surface area contributed by atoms with Gasteiger partial charge in [0.15, 0.2) is 0 Å². The Labute approximate surface area is 177 Å². The van der Waals surface area contributed by atoms with Gasteiger partial charge in [-0.1, -0.05) is 18.2 Å². The molecular weight excluding hydrogens is 402 g/mol. The van der Waals surface area contributed by atoms with E-state index in [9.17, 15) is 19.7 Å². The standard InChI is InChI=1S/C21H19N5O5/c1-14-20(26(29)30)15(2)25(24-14)13-19(27)23-22-12-16-8-10-18(11-9-16)31-21(28)17-6-4-3-5-7-17/h3-12H,13H2,1-2H3,(H,23,27). The first-order valence-electron chi connectivity index (χ1n) is 9.22. The number of ether oxygens (including phenoxy) is 1. The van der Waals surface area contributed by atoms with E-state index in [1.165, 1.54) is 24.7 Å². The molecule has 0 atom stereocenters. The fourth-order valence-electron chi connectivity index (χ4n) is 2.82. The lowest BCUT2D eigenvalue weighted by atomic mass is 10.2. The molecule has 3 rings (SSSR count). The molecule has 10 nitrogen and oxygen atoms in total. The fraction of sp³-hybridized carbons (Fsp3) is 0.143. The maximum absolute atomic E-state index is 12.0. The molecule has 0 aliphatic heterocycles. The van der Waals surface area contributed by atoms with Gasteiger partial charge in [-0.2, -0.15) is 10.2 Å². The molecule has 0 bridgehead atoms. The second-order valence-corrected chi connectivity index (χ2v) is 6.55. The summed E-state index contributed by atoms with van der Waals surface area (Å²) in [7, 11) is 0. The van der Waals surface area contributed by atoms with Crippen molar-refractivity contribution in [1.29, 1.82) is 0 Å². The van der Waals surface area contributed by atoms with Gasteiger partial charge in [0.25, 0.3) is 5.91 Å². The molecule has 0 fully saturated rings. The maximum Gasteiger partial charge on any atom is 0.343 e. The highest BCUT2D eigenvalue weighted by Crippen LogP contribution is 2.21. The maximum atomic E-state index is 12.0. The van der Waals surface area contributed by atoms with Gasteiger partial charge >= 0.3 is 11.7 Å². The van der Waals surface area contributed by atoms with Gasteiger partial charge in [0.1, 0.15) is 23.7 Å². The molecule has 3 aromatic rings. The van der Waals surface area contributed by atoms with E-state index >= 15 is 0 Å². The Morgan fingerprint density at radius 2 is 1.84 bits per heavy atom. The highest BCUT2D eigenvalue weighted by Gasteiger charge is 2.22. The van der Waals surface area contributed by atoms with Crippen LogP contribution in [0.4, 0.5) is 5.69 Å². The van der Waals surface area contributed by atoms with Gasteiger partial charge < -0.3 is 4.74 Å². The molecule has 1 N–H and O–H groups in total. The lowest BCUT2D eigenvalue weighted by Gasteiger charge is -2.04. The van der Waals surface area contributed by atoms with Crippen LogP contribution in [0.3, 0.4) is 0 Å². The van der Waals surface area contributed by atoms with Crippen LogP contribution >= 0.6 is 0 Å². The number of carbonyl (C=O) groups is 2. The molecule has 0 aliphatic rings. The summed E-state index contributed by atoms with van der Waals surface area (Å²) in [5.41, 5.74) is 3.89. The number of hydrazone groups is 1. The van der Waals surface area contributed by atoms with Crippen molar-refractivity contribution in [2.24, 2.45) is 5.10 Å². The second kappa shape index (κ2) is 9.44. The summed E-state index contributed by atoms with van der Waals surface area (Å²) in [5, 5.41) is 18.9. The Hall–Kier alpha value is -4.34. The summed E-state index contributed by atoms with van der Waals surface area (Å²) in [6.07, 6.45) is 1.42. The Morgan fingerprint density at radius 3 is 2.45 bits per heavy atom. The smallest absolute Gasteiger partial charge is 0.343 e. The number of carbonyl (C=O) groups excluding carboxylic acids is 2. The zero-order chi connectivity index (χ0) is 22.4. The normalized spacial score (nSPS) is 10.8. The highest BCUT2D eigenvalue weighted by molar-refractivity contribution is 5.91. The highest BCUT2D eigenvalue weighted by atomic mass is 16.6. The lowest BCUT2D eigenvalue weighted by molar-refractivity contribution is -0.386. The molecule has 1 heterocycles. The van der Waals surface area contributed by atoms with Gasteiger partial charge in [-0.05, 0) is 55.8 Å². The van der Waals surface area contributed by atoms with Gasteiger partial charge in [0.05, 0.1) is 16.7 Å². The fourth-order valence-corrected chi connectivity index (χ4v) is 2.82. The van der Waals surface area contributed by atoms with E-state index in [1.54, 1.807) is 48.5 Å². The third-order valence-electron chi connectivity index (χ3n) is 4.32. The summed E-state index contributed by atoms with van der Waals surface area (Å²) in [6, 6.07) is 15.2. The molecule has 0 radical (unpaired) electrons. The number of rotatable bonds is 7. The van der Waals surface area contributed by atoms with Crippen LogP contribution in [0.25, 0.3) is 0 Å². The summed E-state index contributed by atoms with van der Waals surface area (Å²) in [4.78, 5) is 34.6. The van der Waals surface area contributed by atoms with Crippen molar-refractivity contribution in [3.05, 3.63) is 87.2 Å².